The summed E-state index contributed by atoms with van der Waals surface area (Å²) in [6.07, 6.45) is 1.82. The zero-order valence-electron chi connectivity index (χ0n) is 11.2. The highest BCUT2D eigenvalue weighted by Crippen LogP contribution is 2.28. The van der Waals surface area contributed by atoms with Gasteiger partial charge in [-0.2, -0.15) is 0 Å². The number of thioether (sulfide) groups is 1. The van der Waals surface area contributed by atoms with Gasteiger partial charge in [-0.05, 0) is 82.4 Å². The van der Waals surface area contributed by atoms with E-state index in [1.54, 1.807) is 12.1 Å². The van der Waals surface area contributed by atoms with E-state index in [1.165, 1.54) is 23.9 Å². The van der Waals surface area contributed by atoms with E-state index in [0.29, 0.717) is 15.8 Å². The number of amidine groups is 1. The summed E-state index contributed by atoms with van der Waals surface area (Å²) in [5, 5.41) is 3.20. The monoisotopic (exact) mass is 424 g/mol. The van der Waals surface area contributed by atoms with Gasteiger partial charge in [0.1, 0.15) is 5.82 Å². The molecule has 0 saturated carbocycles. The molecule has 1 aliphatic heterocycles. The van der Waals surface area contributed by atoms with Gasteiger partial charge in [-0.1, -0.05) is 12.1 Å². The lowest BCUT2D eigenvalue weighted by Gasteiger charge is -1.96. The van der Waals surface area contributed by atoms with Crippen molar-refractivity contribution in [1.29, 1.82) is 0 Å². The Morgan fingerprint density at radius 2 is 1.77 bits per heavy atom. The molecular formula is C16H10FIN2OS. The van der Waals surface area contributed by atoms with E-state index >= 15 is 0 Å². The largest absolute Gasteiger partial charge is 0.300 e. The number of aliphatic imine (C=N–C) groups is 1. The SMILES string of the molecule is O=C1NC(=Nc2ccc(F)cc2)S/C1=C/c1ccc(I)cc1. The third-order valence-electron chi connectivity index (χ3n) is 2.88. The third-order valence-corrected chi connectivity index (χ3v) is 4.50. The number of nitrogens with zero attached hydrogens (tertiary/aromatic N) is 1. The number of rotatable bonds is 2. The van der Waals surface area contributed by atoms with Crippen molar-refractivity contribution in [3.05, 3.63) is 68.4 Å². The zero-order chi connectivity index (χ0) is 15.5. The van der Waals surface area contributed by atoms with Gasteiger partial charge in [0.05, 0.1) is 10.6 Å². The van der Waals surface area contributed by atoms with Gasteiger partial charge in [0.15, 0.2) is 5.17 Å². The molecule has 0 unspecified atom stereocenters. The van der Waals surface area contributed by atoms with Gasteiger partial charge in [-0.15, -0.1) is 0 Å². The van der Waals surface area contributed by atoms with Crippen LogP contribution in [-0.2, 0) is 4.79 Å². The van der Waals surface area contributed by atoms with Gasteiger partial charge < -0.3 is 5.32 Å². The predicted molar refractivity (Wildman–Crippen MR) is 96.4 cm³/mol. The minimum atomic E-state index is -0.314. The van der Waals surface area contributed by atoms with Gasteiger partial charge in [0.25, 0.3) is 5.91 Å². The smallest absolute Gasteiger partial charge is 0.264 e. The summed E-state index contributed by atoms with van der Waals surface area (Å²) in [6.45, 7) is 0. The van der Waals surface area contributed by atoms with Crippen molar-refractivity contribution >= 4 is 57.2 Å². The molecule has 0 atom stereocenters. The van der Waals surface area contributed by atoms with Crippen LogP contribution in [0.15, 0.2) is 58.4 Å². The molecule has 1 heterocycles. The molecule has 3 nitrogen and oxygen atoms in total. The summed E-state index contributed by atoms with van der Waals surface area (Å²) in [5.74, 6) is -0.490. The molecule has 1 saturated heterocycles. The summed E-state index contributed by atoms with van der Waals surface area (Å²) >= 11 is 3.50. The first-order chi connectivity index (χ1) is 10.6. The van der Waals surface area contributed by atoms with Crippen molar-refractivity contribution < 1.29 is 9.18 Å². The van der Waals surface area contributed by atoms with E-state index < -0.39 is 0 Å². The maximum absolute atomic E-state index is 12.9. The Balaban J connectivity index is 1.80. The van der Waals surface area contributed by atoms with Gasteiger partial charge in [-0.25, -0.2) is 9.38 Å². The van der Waals surface area contributed by atoms with Crippen LogP contribution in [0.2, 0.25) is 0 Å². The van der Waals surface area contributed by atoms with Gasteiger partial charge in [0.2, 0.25) is 0 Å². The van der Waals surface area contributed by atoms with Crippen LogP contribution in [0.1, 0.15) is 5.56 Å². The molecular weight excluding hydrogens is 414 g/mol. The number of amides is 1. The van der Waals surface area contributed by atoms with Crippen molar-refractivity contribution in [1.82, 2.24) is 5.32 Å². The number of halogens is 2. The first-order valence-electron chi connectivity index (χ1n) is 6.41. The molecule has 0 spiro atoms. The van der Waals surface area contributed by atoms with Crippen LogP contribution in [-0.4, -0.2) is 11.1 Å². The minimum absolute atomic E-state index is 0.176. The van der Waals surface area contributed by atoms with Crippen molar-refractivity contribution in [2.45, 2.75) is 0 Å². The molecule has 0 radical (unpaired) electrons. The van der Waals surface area contributed by atoms with Crippen LogP contribution in [0.5, 0.6) is 0 Å². The summed E-state index contributed by atoms with van der Waals surface area (Å²) in [5.41, 5.74) is 1.56. The van der Waals surface area contributed by atoms with Gasteiger partial charge in [-0.3, -0.25) is 4.79 Å². The average molecular weight is 424 g/mol. The maximum Gasteiger partial charge on any atom is 0.264 e. The third kappa shape index (κ3) is 3.75. The van der Waals surface area contributed by atoms with Crippen molar-refractivity contribution in [2.24, 2.45) is 4.99 Å². The van der Waals surface area contributed by atoms with Crippen molar-refractivity contribution in [2.75, 3.05) is 0 Å². The summed E-state index contributed by atoms with van der Waals surface area (Å²) in [4.78, 5) is 16.8. The van der Waals surface area contributed by atoms with Crippen LogP contribution >= 0.6 is 34.4 Å². The summed E-state index contributed by atoms with van der Waals surface area (Å²) in [7, 11) is 0. The second-order valence-electron chi connectivity index (χ2n) is 4.51. The van der Waals surface area contributed by atoms with E-state index in [4.69, 9.17) is 0 Å². The second kappa shape index (κ2) is 6.62. The Morgan fingerprint density at radius 1 is 1.09 bits per heavy atom. The lowest BCUT2D eigenvalue weighted by molar-refractivity contribution is -0.115. The topological polar surface area (TPSA) is 41.5 Å². The Bertz CT molecular complexity index is 770. The number of hydrogen-bond acceptors (Lipinski definition) is 3. The molecule has 2 aromatic rings. The molecule has 3 rings (SSSR count). The lowest BCUT2D eigenvalue weighted by atomic mass is 10.2. The first kappa shape index (κ1) is 15.2. The summed E-state index contributed by atoms with van der Waals surface area (Å²) < 4.78 is 14.0. The van der Waals surface area contributed by atoms with Crippen LogP contribution in [0.3, 0.4) is 0 Å². The molecule has 1 fully saturated rings. The highest BCUT2D eigenvalue weighted by Gasteiger charge is 2.23. The number of benzene rings is 2. The van der Waals surface area contributed by atoms with Gasteiger partial charge >= 0.3 is 0 Å². The normalized spacial score (nSPS) is 18.0. The fraction of sp³-hybridized carbons (Fsp3) is 0. The fourth-order valence-electron chi connectivity index (χ4n) is 1.82. The summed E-state index contributed by atoms with van der Waals surface area (Å²) in [6, 6.07) is 13.7. The highest BCUT2D eigenvalue weighted by molar-refractivity contribution is 14.1. The van der Waals surface area contributed by atoms with E-state index in [9.17, 15) is 9.18 Å². The quantitative estimate of drug-likeness (QED) is 0.577. The van der Waals surface area contributed by atoms with Gasteiger partial charge in [0, 0.05) is 3.57 Å². The molecule has 22 heavy (non-hydrogen) atoms. The minimum Gasteiger partial charge on any atom is -0.300 e. The number of carbonyl (C=O) groups is 1. The number of nitrogens with one attached hydrogen (secondary N) is 1. The fourth-order valence-corrected chi connectivity index (χ4v) is 3.03. The number of carbonyl (C=O) groups excluding carboxylic acids is 1. The molecule has 110 valence electrons. The predicted octanol–water partition coefficient (Wildman–Crippen LogP) is 4.32. The van der Waals surface area contributed by atoms with Crippen molar-refractivity contribution in [3.8, 4) is 0 Å². The number of hydrogen-bond donors (Lipinski definition) is 1. The molecule has 0 bridgehead atoms. The Morgan fingerprint density at radius 3 is 2.45 bits per heavy atom. The molecule has 6 heteroatoms. The Hall–Kier alpha value is -1.67. The zero-order valence-corrected chi connectivity index (χ0v) is 14.2. The van der Waals surface area contributed by atoms with Crippen LogP contribution in [0.25, 0.3) is 6.08 Å². The van der Waals surface area contributed by atoms with Crippen LogP contribution in [0, 0.1) is 9.39 Å². The molecule has 0 aliphatic carbocycles. The molecule has 1 aliphatic rings. The van der Waals surface area contributed by atoms with E-state index in [-0.39, 0.29) is 11.7 Å². The highest BCUT2D eigenvalue weighted by atomic mass is 127. The van der Waals surface area contributed by atoms with E-state index in [0.717, 1.165) is 9.13 Å². The molecule has 1 amide bonds. The Kier molecular flexibility index (Phi) is 4.58. The lowest BCUT2D eigenvalue weighted by Crippen LogP contribution is -2.19. The molecule has 0 aromatic heterocycles. The average Bonchev–Trinajstić information content (AvgIpc) is 2.84. The standard InChI is InChI=1S/C16H10FIN2OS/c17-11-3-7-13(8-4-11)19-16-20-15(21)14(22-16)9-10-1-5-12(18)6-2-10/h1-9H,(H,19,20,21)/b14-9+. The van der Waals surface area contributed by atoms with Crippen molar-refractivity contribution in [3.63, 3.8) is 0 Å². The van der Waals surface area contributed by atoms with Crippen LogP contribution in [0.4, 0.5) is 10.1 Å². The molecule has 2 aromatic carbocycles. The second-order valence-corrected chi connectivity index (χ2v) is 6.79. The maximum atomic E-state index is 12.9. The first-order valence-corrected chi connectivity index (χ1v) is 8.30. The van der Waals surface area contributed by atoms with E-state index in [1.807, 2.05) is 30.3 Å². The Labute approximate surface area is 144 Å². The van der Waals surface area contributed by atoms with Crippen LogP contribution < -0.4 is 5.32 Å². The molecule has 1 N–H and O–H groups in total. The van der Waals surface area contributed by atoms with E-state index in [2.05, 4.69) is 32.9 Å².